The number of hydrogen-bond donors (Lipinski definition) is 2. The number of aliphatic carboxylic acids is 1. The van der Waals surface area contributed by atoms with Crippen molar-refractivity contribution >= 4 is 29.8 Å². The Morgan fingerprint density at radius 1 is 0.478 bits per heavy atom. The number of carbonyl (C=O) groups is 5. The summed E-state index contributed by atoms with van der Waals surface area (Å²) in [5.74, 6) is 0.642. The van der Waals surface area contributed by atoms with E-state index in [0.29, 0.717) is 36.5 Å². The number of carboxylic acids is 1. The molecule has 69 heavy (non-hydrogen) atoms. The van der Waals surface area contributed by atoms with Crippen LogP contribution in [0.3, 0.4) is 0 Å². The Kier molecular flexibility index (Phi) is 19.4. The lowest BCUT2D eigenvalue weighted by molar-refractivity contribution is -0.369. The van der Waals surface area contributed by atoms with Crippen molar-refractivity contribution in [2.45, 2.75) is 280 Å². The number of hydrogen-bond acceptors (Lipinski definition) is 12. The molecule has 13 heteroatoms. The highest BCUT2D eigenvalue weighted by Crippen LogP contribution is 2.62. The van der Waals surface area contributed by atoms with Crippen LogP contribution >= 0.6 is 0 Å². The first kappa shape index (κ1) is 60.5. The van der Waals surface area contributed by atoms with Crippen molar-refractivity contribution in [2.75, 3.05) is 0 Å². The van der Waals surface area contributed by atoms with Gasteiger partial charge < -0.3 is 28.8 Å². The van der Waals surface area contributed by atoms with Gasteiger partial charge in [0.1, 0.15) is 28.0 Å². The second-order valence-electron chi connectivity index (χ2n) is 26.6. The first-order chi connectivity index (χ1) is 31.3. The third-order valence-electron chi connectivity index (χ3n) is 16.9. The molecule has 8 aliphatic rings. The van der Waals surface area contributed by atoms with Crippen LogP contribution in [0.1, 0.15) is 241 Å². The highest BCUT2D eigenvalue weighted by Gasteiger charge is 2.63. The Hall–Kier alpha value is -2.77. The fourth-order valence-electron chi connectivity index (χ4n) is 11.2. The molecule has 8 fully saturated rings. The largest absolute Gasteiger partial charge is 0.479 e. The standard InChI is InChI=1S/C19H30O5.C16H26O4.C11H22O2.C10H20O2/c1-5-17(3,4)16(22)24-19-9-13-6-14(10-19)8-18(7-13,11-19)23-12(2)15(20)21;1-4-14(2,3)13(17)19-15-6-11-5-12(7-15)9-16(8-11,10-15)20-18;1-7-10(3,4)9(12)13-11(5,6)8-2;1-7-10(5,6)8(11)12-9(2,3)4/h12-14H,5-11H2,1-4H3,(H,20,21);11-12,18H,4-10H2,1-3H3;7-8H2,1-6H3;7H2,1-6H3. The molecule has 8 aliphatic carbocycles. The zero-order chi connectivity index (χ0) is 53.0. The van der Waals surface area contributed by atoms with Gasteiger partial charge in [-0.2, -0.15) is 0 Å². The SMILES string of the molecule is CCC(C)(C)C(=O)OC(C)(C)C.CCC(C)(C)C(=O)OC12CC3CC(C1)CC(OC(C)C(=O)O)(C3)C2.CCC(C)(C)C(=O)OC12CC3CC(CC(OO)(C3)C1)C2.CCC(C)(C)OC(=O)C(C)(C)CC. The van der Waals surface area contributed by atoms with Crippen LogP contribution in [-0.4, -0.2) is 79.9 Å². The number of carbonyl (C=O) groups excluding carboxylic acids is 4. The van der Waals surface area contributed by atoms with Gasteiger partial charge in [-0.15, -0.1) is 0 Å². The molecule has 0 radical (unpaired) electrons. The summed E-state index contributed by atoms with van der Waals surface area (Å²) in [6, 6.07) is 0. The fourth-order valence-corrected chi connectivity index (χ4v) is 11.2. The van der Waals surface area contributed by atoms with Crippen molar-refractivity contribution in [1.29, 1.82) is 0 Å². The van der Waals surface area contributed by atoms with Gasteiger partial charge in [-0.05, 0) is 217 Å². The maximum absolute atomic E-state index is 12.7. The average Bonchev–Trinajstić information content (AvgIpc) is 3.22. The minimum atomic E-state index is -0.927. The van der Waals surface area contributed by atoms with Gasteiger partial charge in [-0.3, -0.25) is 24.4 Å². The minimum Gasteiger partial charge on any atom is -0.479 e. The zero-order valence-electron chi connectivity index (χ0n) is 46.8. The van der Waals surface area contributed by atoms with E-state index in [1.807, 2.05) is 125 Å². The van der Waals surface area contributed by atoms with Crippen molar-refractivity contribution in [3.05, 3.63) is 0 Å². The van der Waals surface area contributed by atoms with Gasteiger partial charge in [0.05, 0.1) is 27.3 Å². The molecule has 8 saturated carbocycles. The molecule has 13 nitrogen and oxygen atoms in total. The topological polar surface area (TPSA) is 181 Å². The van der Waals surface area contributed by atoms with E-state index in [1.54, 1.807) is 6.92 Å². The molecule has 5 unspecified atom stereocenters. The van der Waals surface area contributed by atoms with E-state index in [-0.39, 0.29) is 45.9 Å². The molecule has 0 heterocycles. The molecule has 0 saturated heterocycles. The maximum Gasteiger partial charge on any atom is 0.332 e. The lowest BCUT2D eigenvalue weighted by Gasteiger charge is -2.61. The number of carboxylic acid groups (broad SMARTS) is 1. The van der Waals surface area contributed by atoms with Gasteiger partial charge in [-0.25, -0.2) is 9.68 Å². The molecule has 0 amide bonds. The summed E-state index contributed by atoms with van der Waals surface area (Å²) in [5, 5.41) is 18.6. The van der Waals surface area contributed by atoms with Crippen molar-refractivity contribution in [3.63, 3.8) is 0 Å². The normalized spacial score (nSPS) is 30.6. The summed E-state index contributed by atoms with van der Waals surface area (Å²) in [6.45, 7) is 36.5. The molecule has 0 aromatic heterocycles. The average molecular weight is 979 g/mol. The summed E-state index contributed by atoms with van der Waals surface area (Å²) >= 11 is 0. The maximum atomic E-state index is 12.7. The molecule has 5 atom stereocenters. The summed E-state index contributed by atoms with van der Waals surface area (Å²) < 4.78 is 28.8. The molecule has 8 rings (SSSR count). The first-order valence-corrected chi connectivity index (χ1v) is 26.5. The van der Waals surface area contributed by atoms with Gasteiger partial charge in [0.15, 0.2) is 6.10 Å². The molecular formula is C56H98O13. The Labute approximate surface area is 417 Å². The van der Waals surface area contributed by atoms with Crippen LogP contribution < -0.4 is 0 Å². The summed E-state index contributed by atoms with van der Waals surface area (Å²) in [7, 11) is 0. The van der Waals surface area contributed by atoms with Gasteiger partial charge >= 0.3 is 29.8 Å². The molecular weight excluding hydrogens is 881 g/mol. The monoisotopic (exact) mass is 979 g/mol. The summed E-state index contributed by atoms with van der Waals surface area (Å²) in [5.41, 5.74) is -4.06. The van der Waals surface area contributed by atoms with Crippen LogP contribution in [0.15, 0.2) is 0 Å². The molecule has 8 bridgehead atoms. The molecule has 0 spiro atoms. The van der Waals surface area contributed by atoms with Gasteiger partial charge in [-0.1, -0.05) is 34.6 Å². The van der Waals surface area contributed by atoms with Crippen molar-refractivity contribution < 1.29 is 62.9 Å². The van der Waals surface area contributed by atoms with Crippen molar-refractivity contribution in [3.8, 4) is 0 Å². The minimum absolute atomic E-state index is 0.0955. The highest BCUT2D eigenvalue weighted by molar-refractivity contribution is 5.78. The van der Waals surface area contributed by atoms with E-state index in [9.17, 15) is 34.3 Å². The Bertz CT molecular complexity index is 1750. The van der Waals surface area contributed by atoms with Crippen LogP contribution in [0.25, 0.3) is 0 Å². The fraction of sp³-hybridized carbons (Fsp3) is 0.911. The van der Waals surface area contributed by atoms with E-state index in [2.05, 4.69) is 0 Å². The second-order valence-corrected chi connectivity index (χ2v) is 26.6. The third kappa shape index (κ3) is 15.9. The Morgan fingerprint density at radius 3 is 1.09 bits per heavy atom. The zero-order valence-corrected chi connectivity index (χ0v) is 46.8. The van der Waals surface area contributed by atoms with Crippen LogP contribution in [0.4, 0.5) is 0 Å². The second kappa shape index (κ2) is 22.1. The number of ether oxygens (including phenoxy) is 5. The van der Waals surface area contributed by atoms with E-state index in [0.717, 1.165) is 89.9 Å². The Morgan fingerprint density at radius 2 is 0.783 bits per heavy atom. The summed E-state index contributed by atoms with van der Waals surface area (Å²) in [6.07, 6.45) is 14.2. The van der Waals surface area contributed by atoms with Gasteiger partial charge in [0, 0.05) is 12.8 Å². The molecule has 400 valence electrons. The van der Waals surface area contributed by atoms with E-state index in [1.165, 1.54) is 6.42 Å². The highest BCUT2D eigenvalue weighted by atomic mass is 17.1. The quantitative estimate of drug-likeness (QED) is 0.0646. The lowest BCUT2D eigenvalue weighted by Crippen LogP contribution is -2.62. The van der Waals surface area contributed by atoms with E-state index >= 15 is 0 Å². The van der Waals surface area contributed by atoms with E-state index in [4.69, 9.17) is 28.6 Å². The number of rotatable bonds is 16. The van der Waals surface area contributed by atoms with Gasteiger partial charge in [0.25, 0.3) is 0 Å². The third-order valence-corrected chi connectivity index (χ3v) is 16.9. The number of esters is 4. The Balaban J connectivity index is 0.000000255. The molecule has 0 aliphatic heterocycles. The summed E-state index contributed by atoms with van der Waals surface area (Å²) in [4.78, 5) is 64.4. The predicted molar refractivity (Wildman–Crippen MR) is 267 cm³/mol. The predicted octanol–water partition coefficient (Wildman–Crippen LogP) is 13.0. The van der Waals surface area contributed by atoms with Crippen LogP contribution in [-0.2, 0) is 52.5 Å². The molecule has 0 aromatic rings. The molecule has 2 N–H and O–H groups in total. The molecule has 0 aromatic carbocycles. The van der Waals surface area contributed by atoms with E-state index < -0.39 is 45.3 Å². The van der Waals surface area contributed by atoms with Crippen molar-refractivity contribution in [2.24, 2.45) is 45.3 Å². The van der Waals surface area contributed by atoms with Crippen LogP contribution in [0.2, 0.25) is 0 Å². The van der Waals surface area contributed by atoms with Crippen LogP contribution in [0, 0.1) is 45.3 Å². The lowest BCUT2D eigenvalue weighted by atomic mass is 9.52. The van der Waals surface area contributed by atoms with Crippen LogP contribution in [0.5, 0.6) is 0 Å². The first-order valence-electron chi connectivity index (χ1n) is 26.5. The smallest absolute Gasteiger partial charge is 0.332 e. The van der Waals surface area contributed by atoms with Crippen molar-refractivity contribution in [1.82, 2.24) is 0 Å². The van der Waals surface area contributed by atoms with Gasteiger partial charge in [0.2, 0.25) is 0 Å².